The van der Waals surface area contributed by atoms with Gasteiger partial charge in [-0.25, -0.2) is 8.42 Å². The zero-order valence-electron chi connectivity index (χ0n) is 10.1. The molecular weight excluding hydrogens is 392 g/mol. The van der Waals surface area contributed by atoms with Gasteiger partial charge in [-0.3, -0.25) is 0 Å². The van der Waals surface area contributed by atoms with Gasteiger partial charge < -0.3 is 0 Å². The number of aryl methyl sites for hydroxylation is 1. The Morgan fingerprint density at radius 3 is 2.16 bits per heavy atom. The summed E-state index contributed by atoms with van der Waals surface area (Å²) >= 11 is 6.71. The van der Waals surface area contributed by atoms with Crippen molar-refractivity contribution < 1.29 is 8.42 Å². The predicted octanol–water partition coefficient (Wildman–Crippen LogP) is 4.50. The fourth-order valence-corrected chi connectivity index (χ4v) is 3.36. The van der Waals surface area contributed by atoms with Crippen LogP contribution in [-0.4, -0.2) is 8.42 Å². The Morgan fingerprint density at radius 1 is 0.947 bits per heavy atom. The average Bonchev–Trinajstić information content (AvgIpc) is 2.34. The van der Waals surface area contributed by atoms with E-state index in [9.17, 15) is 8.42 Å². The first-order valence-corrected chi connectivity index (χ1v) is 8.63. The summed E-state index contributed by atoms with van der Waals surface area (Å²) in [5, 5.41) is 0. The summed E-state index contributed by atoms with van der Waals surface area (Å²) < 4.78 is 26.2. The van der Waals surface area contributed by atoms with Crippen molar-refractivity contribution >= 4 is 41.7 Å². The third-order valence-corrected chi connectivity index (χ3v) is 5.98. The van der Waals surface area contributed by atoms with Gasteiger partial charge in [0.25, 0.3) is 0 Å². The molecule has 1 radical (unpaired) electrons. The second-order valence-corrected chi connectivity index (χ2v) is 7.66. The minimum atomic E-state index is -3.42. The molecule has 0 fully saturated rings. The summed E-state index contributed by atoms with van der Waals surface area (Å²) in [5.41, 5.74) is 1.67. The monoisotopic (exact) mass is 401 g/mol. The highest BCUT2D eigenvalue weighted by Crippen LogP contribution is 2.26. The standard InChI is InChI=1S/C14H11Br2O2S/c1-10-2-5-12(6-3-10)19(17,18)9-11-4-7-13(15)14(16)8-11/h2-9H,1H3. The normalized spacial score (nSPS) is 11.5. The van der Waals surface area contributed by atoms with Gasteiger partial charge in [0, 0.05) is 8.95 Å². The molecule has 0 spiro atoms. The molecule has 19 heavy (non-hydrogen) atoms. The Hall–Kier alpha value is -0.650. The molecule has 5 heteroatoms. The highest BCUT2D eigenvalue weighted by Gasteiger charge is 2.16. The first-order chi connectivity index (χ1) is 8.88. The van der Waals surface area contributed by atoms with E-state index in [2.05, 4.69) is 31.9 Å². The van der Waals surface area contributed by atoms with Crippen LogP contribution in [0.15, 0.2) is 56.3 Å². The smallest absolute Gasteiger partial charge is 0.187 e. The molecule has 0 saturated heterocycles. The molecular formula is C14H11Br2O2S. The van der Waals surface area contributed by atoms with Crippen LogP contribution in [0.5, 0.6) is 0 Å². The van der Waals surface area contributed by atoms with E-state index in [1.807, 2.05) is 6.92 Å². The van der Waals surface area contributed by atoms with Crippen molar-refractivity contribution in [2.75, 3.05) is 0 Å². The van der Waals surface area contributed by atoms with Gasteiger partial charge in [-0.15, -0.1) is 0 Å². The Labute approximate surface area is 130 Å². The summed E-state index contributed by atoms with van der Waals surface area (Å²) in [6.45, 7) is 1.92. The minimum Gasteiger partial charge on any atom is -0.223 e. The Balaban J connectivity index is 2.30. The molecule has 0 aromatic heterocycles. The topological polar surface area (TPSA) is 34.1 Å². The highest BCUT2D eigenvalue weighted by atomic mass is 79.9. The molecule has 2 rings (SSSR count). The fraction of sp³-hybridized carbons (Fsp3) is 0.0714. The van der Waals surface area contributed by atoms with Gasteiger partial charge in [-0.1, -0.05) is 23.8 Å². The molecule has 2 aromatic carbocycles. The molecule has 99 valence electrons. The second-order valence-electron chi connectivity index (χ2n) is 4.15. The van der Waals surface area contributed by atoms with Crippen LogP contribution in [-0.2, 0) is 9.84 Å². The first-order valence-electron chi connectivity index (χ1n) is 5.50. The zero-order chi connectivity index (χ0) is 14.0. The Morgan fingerprint density at radius 2 is 1.58 bits per heavy atom. The molecule has 0 aliphatic rings. The van der Waals surface area contributed by atoms with Crippen LogP contribution in [0, 0.1) is 12.7 Å². The summed E-state index contributed by atoms with van der Waals surface area (Å²) in [6, 6.07) is 12.1. The van der Waals surface area contributed by atoms with Crippen molar-refractivity contribution in [3.8, 4) is 0 Å². The van der Waals surface area contributed by atoms with E-state index in [4.69, 9.17) is 0 Å². The Kier molecular flexibility index (Phi) is 4.48. The van der Waals surface area contributed by atoms with Gasteiger partial charge >= 0.3 is 0 Å². The summed E-state index contributed by atoms with van der Waals surface area (Å²) in [6.07, 6.45) is 0. The molecule has 0 heterocycles. The third kappa shape index (κ3) is 3.68. The van der Waals surface area contributed by atoms with E-state index < -0.39 is 9.84 Å². The van der Waals surface area contributed by atoms with E-state index >= 15 is 0 Å². The molecule has 0 saturated carbocycles. The molecule has 0 amide bonds. The summed E-state index contributed by atoms with van der Waals surface area (Å²) in [4.78, 5) is 0.303. The summed E-state index contributed by atoms with van der Waals surface area (Å²) in [7, 11) is -3.42. The van der Waals surface area contributed by atoms with E-state index in [1.54, 1.807) is 42.5 Å². The zero-order valence-corrected chi connectivity index (χ0v) is 14.1. The van der Waals surface area contributed by atoms with Crippen LogP contribution in [0.1, 0.15) is 11.1 Å². The lowest BCUT2D eigenvalue weighted by molar-refractivity contribution is 0.602. The lowest BCUT2D eigenvalue weighted by atomic mass is 10.2. The second kappa shape index (κ2) is 5.77. The van der Waals surface area contributed by atoms with Crippen LogP contribution >= 0.6 is 31.9 Å². The first kappa shape index (κ1) is 14.8. The quantitative estimate of drug-likeness (QED) is 0.757. The molecule has 0 aliphatic carbocycles. The van der Waals surface area contributed by atoms with Crippen LogP contribution in [0.4, 0.5) is 0 Å². The highest BCUT2D eigenvalue weighted by molar-refractivity contribution is 9.13. The van der Waals surface area contributed by atoms with E-state index in [0.717, 1.165) is 14.5 Å². The van der Waals surface area contributed by atoms with Crippen molar-refractivity contribution in [2.45, 2.75) is 11.8 Å². The van der Waals surface area contributed by atoms with Gasteiger partial charge in [-0.2, -0.15) is 0 Å². The van der Waals surface area contributed by atoms with Crippen molar-refractivity contribution in [2.24, 2.45) is 0 Å². The predicted molar refractivity (Wildman–Crippen MR) is 83.6 cm³/mol. The van der Waals surface area contributed by atoms with Crippen LogP contribution in [0.2, 0.25) is 0 Å². The van der Waals surface area contributed by atoms with Gasteiger partial charge in [0.05, 0.1) is 4.90 Å². The third-order valence-electron chi connectivity index (χ3n) is 2.58. The van der Waals surface area contributed by atoms with Crippen molar-refractivity contribution in [3.63, 3.8) is 0 Å². The maximum absolute atomic E-state index is 12.2. The maximum atomic E-state index is 12.2. The van der Waals surface area contributed by atoms with Crippen molar-refractivity contribution in [1.82, 2.24) is 0 Å². The van der Waals surface area contributed by atoms with Crippen LogP contribution in [0.25, 0.3) is 0 Å². The number of hydrogen-bond acceptors (Lipinski definition) is 2. The number of hydrogen-bond donors (Lipinski definition) is 0. The Bertz CT molecular complexity index is 692. The van der Waals surface area contributed by atoms with Gasteiger partial charge in [0.15, 0.2) is 9.84 Å². The van der Waals surface area contributed by atoms with Crippen LogP contribution in [0.3, 0.4) is 0 Å². The van der Waals surface area contributed by atoms with Crippen molar-refractivity contribution in [1.29, 1.82) is 0 Å². The maximum Gasteiger partial charge on any atom is 0.187 e. The van der Waals surface area contributed by atoms with E-state index in [0.29, 0.717) is 10.5 Å². The molecule has 0 atom stereocenters. The van der Waals surface area contributed by atoms with Crippen LogP contribution < -0.4 is 0 Å². The van der Waals surface area contributed by atoms with Gasteiger partial charge in [-0.05, 0) is 68.6 Å². The summed E-state index contributed by atoms with van der Waals surface area (Å²) in [5.74, 6) is 1.27. The SMILES string of the molecule is Cc1ccc(S(=O)(=O)[CH]c2ccc(Br)c(Br)c2)cc1. The molecule has 2 aromatic rings. The average molecular weight is 403 g/mol. The van der Waals surface area contributed by atoms with Crippen molar-refractivity contribution in [3.05, 3.63) is 68.3 Å². The molecule has 0 aliphatic heterocycles. The minimum absolute atomic E-state index is 0.303. The lowest BCUT2D eigenvalue weighted by Crippen LogP contribution is -2.02. The number of benzene rings is 2. The fourth-order valence-electron chi connectivity index (χ4n) is 1.56. The number of rotatable bonds is 3. The molecule has 0 unspecified atom stereocenters. The molecule has 2 nitrogen and oxygen atoms in total. The molecule has 0 bridgehead atoms. The number of halogens is 2. The largest absolute Gasteiger partial charge is 0.223 e. The van der Waals surface area contributed by atoms with Gasteiger partial charge in [0.2, 0.25) is 0 Å². The van der Waals surface area contributed by atoms with E-state index in [1.165, 1.54) is 5.75 Å². The van der Waals surface area contributed by atoms with E-state index in [-0.39, 0.29) is 0 Å². The lowest BCUT2D eigenvalue weighted by Gasteiger charge is -2.06. The van der Waals surface area contributed by atoms with Gasteiger partial charge in [0.1, 0.15) is 5.75 Å². The number of sulfone groups is 1. The molecule has 0 N–H and O–H groups in total.